The van der Waals surface area contributed by atoms with Crippen molar-refractivity contribution in [2.24, 2.45) is 5.16 Å². The van der Waals surface area contributed by atoms with E-state index in [4.69, 9.17) is 21.5 Å². The molecule has 0 saturated carbocycles. The second kappa shape index (κ2) is 8.64. The highest BCUT2D eigenvalue weighted by atomic mass is 35.5. The van der Waals surface area contributed by atoms with Crippen LogP contribution >= 0.6 is 11.6 Å². The van der Waals surface area contributed by atoms with Crippen LogP contribution in [0.5, 0.6) is 0 Å². The summed E-state index contributed by atoms with van der Waals surface area (Å²) in [5.41, 5.74) is -2.52. The number of rotatable bonds is 5. The zero-order chi connectivity index (χ0) is 23.8. The summed E-state index contributed by atoms with van der Waals surface area (Å²) < 4.78 is 56.2. The molecule has 1 amide bonds. The molecule has 33 heavy (non-hydrogen) atoms. The van der Waals surface area contributed by atoms with E-state index in [0.29, 0.717) is 21.9 Å². The fourth-order valence-electron chi connectivity index (χ4n) is 3.81. The summed E-state index contributed by atoms with van der Waals surface area (Å²) in [4.78, 5) is 17.5. The van der Waals surface area contributed by atoms with Crippen molar-refractivity contribution in [3.05, 3.63) is 82.1 Å². The molecule has 1 aliphatic rings. The van der Waals surface area contributed by atoms with Gasteiger partial charge in [-0.05, 0) is 29.0 Å². The Balaban J connectivity index is 1.77. The number of hydrogen-bond acceptors (Lipinski definition) is 4. The number of halogens is 5. The quantitative estimate of drug-likeness (QED) is 0.508. The van der Waals surface area contributed by atoms with Crippen LogP contribution in [0, 0.1) is 5.82 Å². The Morgan fingerprint density at radius 3 is 2.55 bits per heavy atom. The first-order valence-electron chi connectivity index (χ1n) is 9.86. The number of carbonyl (C=O) groups is 1. The third kappa shape index (κ3) is 4.02. The van der Waals surface area contributed by atoms with Gasteiger partial charge in [-0.25, -0.2) is 4.39 Å². The largest absolute Gasteiger partial charge is 0.435 e. The van der Waals surface area contributed by atoms with Gasteiger partial charge in [0.05, 0.1) is 17.3 Å². The molecule has 0 aromatic heterocycles. The third-order valence-electron chi connectivity index (χ3n) is 5.45. The number of benzene rings is 3. The summed E-state index contributed by atoms with van der Waals surface area (Å²) in [5, 5.41) is 15.8. The normalized spacial score (nSPS) is 18.2. The van der Waals surface area contributed by atoms with E-state index < -0.39 is 34.9 Å². The van der Waals surface area contributed by atoms with Crippen molar-refractivity contribution < 1.29 is 32.3 Å². The van der Waals surface area contributed by atoms with Crippen LogP contribution in [0.2, 0.25) is 5.02 Å². The standard InChI is InChI=1S/C23H17ClF4N2O3/c24-18-11-13(5-8-19(18)25)22(23(26,27)28)12-20(30-33-22)16-6-7-17(21(32)29-9-10-31)15-4-2-1-3-14(15)16/h1-8,11,31H,9-10,12H2,(H,29,32). The van der Waals surface area contributed by atoms with Gasteiger partial charge in [-0.1, -0.05) is 53.2 Å². The van der Waals surface area contributed by atoms with Crippen molar-refractivity contribution in [2.75, 3.05) is 13.2 Å². The molecule has 1 unspecified atom stereocenters. The van der Waals surface area contributed by atoms with Gasteiger partial charge >= 0.3 is 6.18 Å². The fraction of sp³-hybridized carbons (Fsp3) is 0.217. The number of hydrogen-bond donors (Lipinski definition) is 2. The number of nitrogens with zero attached hydrogens (tertiary/aromatic N) is 1. The Morgan fingerprint density at radius 1 is 1.15 bits per heavy atom. The van der Waals surface area contributed by atoms with E-state index in [-0.39, 0.29) is 24.4 Å². The summed E-state index contributed by atoms with van der Waals surface area (Å²) in [6, 6.07) is 12.4. The van der Waals surface area contributed by atoms with Crippen molar-refractivity contribution in [1.29, 1.82) is 0 Å². The van der Waals surface area contributed by atoms with Crippen molar-refractivity contribution in [3.63, 3.8) is 0 Å². The minimum Gasteiger partial charge on any atom is -0.395 e. The Bertz CT molecular complexity index is 1260. The van der Waals surface area contributed by atoms with Gasteiger partial charge in [0.25, 0.3) is 11.5 Å². The second-order valence-corrected chi connectivity index (χ2v) is 7.85. The third-order valence-corrected chi connectivity index (χ3v) is 5.74. The van der Waals surface area contributed by atoms with E-state index >= 15 is 0 Å². The Kier molecular flexibility index (Phi) is 6.02. The summed E-state index contributed by atoms with van der Waals surface area (Å²) in [6.07, 6.45) is -5.54. The molecule has 4 rings (SSSR count). The van der Waals surface area contributed by atoms with E-state index in [1.165, 1.54) is 12.1 Å². The topological polar surface area (TPSA) is 70.9 Å². The second-order valence-electron chi connectivity index (χ2n) is 7.45. The Morgan fingerprint density at radius 2 is 1.88 bits per heavy atom. The molecule has 3 aromatic rings. The molecule has 0 spiro atoms. The first kappa shape index (κ1) is 23.0. The van der Waals surface area contributed by atoms with Crippen LogP contribution < -0.4 is 5.32 Å². The van der Waals surface area contributed by atoms with Crippen LogP contribution in [0.15, 0.2) is 59.8 Å². The number of aliphatic hydroxyl groups excluding tert-OH is 1. The zero-order valence-electron chi connectivity index (χ0n) is 16.9. The van der Waals surface area contributed by atoms with Gasteiger partial charge in [0.2, 0.25) is 0 Å². The van der Waals surface area contributed by atoms with E-state index in [0.717, 1.165) is 18.2 Å². The van der Waals surface area contributed by atoms with Crippen molar-refractivity contribution in [1.82, 2.24) is 5.32 Å². The van der Waals surface area contributed by atoms with Gasteiger partial charge in [-0.15, -0.1) is 0 Å². The van der Waals surface area contributed by atoms with E-state index in [2.05, 4.69) is 10.5 Å². The van der Waals surface area contributed by atoms with Gasteiger partial charge < -0.3 is 15.3 Å². The molecule has 0 fully saturated rings. The van der Waals surface area contributed by atoms with Crippen LogP contribution in [0.3, 0.4) is 0 Å². The summed E-state index contributed by atoms with van der Waals surface area (Å²) >= 11 is 5.73. The summed E-state index contributed by atoms with van der Waals surface area (Å²) in [7, 11) is 0. The maximum Gasteiger partial charge on any atom is 0.435 e. The molecule has 1 aliphatic heterocycles. The average Bonchev–Trinajstić information content (AvgIpc) is 3.25. The molecule has 0 radical (unpaired) electrons. The van der Waals surface area contributed by atoms with E-state index in [9.17, 15) is 22.4 Å². The number of amides is 1. The number of carbonyl (C=O) groups excluding carboxylic acids is 1. The Labute approximate surface area is 190 Å². The maximum atomic E-state index is 14.2. The van der Waals surface area contributed by atoms with Crippen LogP contribution in [0.4, 0.5) is 17.6 Å². The van der Waals surface area contributed by atoms with Crippen LogP contribution in [-0.4, -0.2) is 36.1 Å². The number of fused-ring (bicyclic) bond motifs is 1. The molecule has 5 nitrogen and oxygen atoms in total. The van der Waals surface area contributed by atoms with Gasteiger partial charge in [-0.3, -0.25) is 4.79 Å². The number of alkyl halides is 3. The molecule has 172 valence electrons. The monoisotopic (exact) mass is 480 g/mol. The number of aliphatic hydroxyl groups is 1. The number of nitrogens with one attached hydrogen (secondary N) is 1. The van der Waals surface area contributed by atoms with Gasteiger partial charge in [0.15, 0.2) is 0 Å². The number of oxime groups is 1. The van der Waals surface area contributed by atoms with Crippen molar-refractivity contribution in [3.8, 4) is 0 Å². The molecule has 0 saturated heterocycles. The molecule has 0 bridgehead atoms. The highest BCUT2D eigenvalue weighted by Crippen LogP contribution is 2.49. The molecule has 1 heterocycles. The first-order chi connectivity index (χ1) is 15.7. The lowest BCUT2D eigenvalue weighted by Crippen LogP contribution is -2.42. The minimum atomic E-state index is -4.88. The van der Waals surface area contributed by atoms with Crippen LogP contribution in [0.1, 0.15) is 27.9 Å². The molecule has 0 aliphatic carbocycles. The van der Waals surface area contributed by atoms with Gasteiger partial charge in [0.1, 0.15) is 5.82 Å². The van der Waals surface area contributed by atoms with Crippen molar-refractivity contribution >= 4 is 34.0 Å². The molecule has 3 aromatic carbocycles. The molecule has 2 N–H and O–H groups in total. The Hall–Kier alpha value is -3.17. The lowest BCUT2D eigenvalue weighted by atomic mass is 9.85. The SMILES string of the molecule is O=C(NCCO)c1ccc(C2=NOC(c3ccc(F)c(Cl)c3)(C(F)(F)F)C2)c2ccccc12. The lowest BCUT2D eigenvalue weighted by Gasteiger charge is -2.29. The summed E-state index contributed by atoms with van der Waals surface area (Å²) in [5.74, 6) is -1.28. The molecular weight excluding hydrogens is 464 g/mol. The van der Waals surface area contributed by atoms with Crippen LogP contribution in [0.25, 0.3) is 10.8 Å². The van der Waals surface area contributed by atoms with Gasteiger partial charge in [-0.2, -0.15) is 13.2 Å². The molecular formula is C23H17ClF4N2O3. The smallest absolute Gasteiger partial charge is 0.395 e. The molecule has 1 atom stereocenters. The minimum absolute atomic E-state index is 0.0197. The predicted molar refractivity (Wildman–Crippen MR) is 115 cm³/mol. The summed E-state index contributed by atoms with van der Waals surface area (Å²) in [6.45, 7) is -0.174. The van der Waals surface area contributed by atoms with E-state index in [1.54, 1.807) is 24.3 Å². The molecule has 10 heteroatoms. The first-order valence-corrected chi connectivity index (χ1v) is 10.2. The fourth-order valence-corrected chi connectivity index (χ4v) is 3.99. The van der Waals surface area contributed by atoms with Crippen LogP contribution in [-0.2, 0) is 10.4 Å². The maximum absolute atomic E-state index is 14.2. The average molecular weight is 481 g/mol. The zero-order valence-corrected chi connectivity index (χ0v) is 17.7. The van der Waals surface area contributed by atoms with E-state index in [1.807, 2.05) is 0 Å². The van der Waals surface area contributed by atoms with Gasteiger partial charge in [0, 0.05) is 29.7 Å². The highest BCUT2D eigenvalue weighted by Gasteiger charge is 2.62. The predicted octanol–water partition coefficient (Wildman–Crippen LogP) is 4.94. The highest BCUT2D eigenvalue weighted by molar-refractivity contribution is 6.30. The lowest BCUT2D eigenvalue weighted by molar-refractivity contribution is -0.275. The van der Waals surface area contributed by atoms with Crippen molar-refractivity contribution in [2.45, 2.75) is 18.2 Å².